The number of hydrogen-bond donors (Lipinski definition) is 1. The number of rotatable bonds is 1. The summed E-state index contributed by atoms with van der Waals surface area (Å²) in [4.78, 5) is 0. The molecule has 1 aliphatic carbocycles. The Morgan fingerprint density at radius 1 is 1.22 bits per heavy atom. The maximum atomic E-state index is 9.67. The third kappa shape index (κ3) is 2.08. The molecule has 0 saturated heterocycles. The molecule has 1 N–H and O–H groups in total. The molecule has 0 aliphatic heterocycles. The third-order valence-corrected chi connectivity index (χ3v) is 3.45. The van der Waals surface area contributed by atoms with Crippen LogP contribution >= 0.6 is 22.6 Å². The van der Waals surface area contributed by atoms with Gasteiger partial charge in [-0.05, 0) is 12.8 Å². The molecule has 1 nitrogen and oxygen atoms in total. The molecule has 2 heteroatoms. The largest absolute Gasteiger partial charge is 0.389 e. The summed E-state index contributed by atoms with van der Waals surface area (Å²) >= 11 is 2.27. The van der Waals surface area contributed by atoms with Gasteiger partial charge in [0.25, 0.3) is 0 Å². The minimum Gasteiger partial charge on any atom is -0.389 e. The fourth-order valence-electron chi connectivity index (χ4n) is 1.34. The van der Waals surface area contributed by atoms with Crippen LogP contribution in [0.2, 0.25) is 0 Å². The summed E-state index contributed by atoms with van der Waals surface area (Å²) in [7, 11) is 0. The lowest BCUT2D eigenvalue weighted by molar-refractivity contribution is 0.0301. The second-order valence-corrected chi connectivity index (χ2v) is 3.68. The zero-order chi connectivity index (χ0) is 6.74. The summed E-state index contributed by atoms with van der Waals surface area (Å²) in [6, 6.07) is 0. The molecule has 1 aliphatic rings. The highest BCUT2D eigenvalue weighted by molar-refractivity contribution is 14.1. The summed E-state index contributed by atoms with van der Waals surface area (Å²) in [5.74, 6) is 0. The van der Waals surface area contributed by atoms with Gasteiger partial charge in [-0.3, -0.25) is 0 Å². The van der Waals surface area contributed by atoms with E-state index in [2.05, 4.69) is 22.6 Å². The topological polar surface area (TPSA) is 20.2 Å². The monoisotopic (exact) mass is 240 g/mol. The van der Waals surface area contributed by atoms with E-state index in [1.807, 2.05) is 0 Å². The summed E-state index contributed by atoms with van der Waals surface area (Å²) in [6.45, 7) is 0. The predicted molar refractivity (Wildman–Crippen MR) is 46.9 cm³/mol. The molecule has 0 radical (unpaired) electrons. The first-order valence-electron chi connectivity index (χ1n) is 3.55. The number of aliphatic hydroxyl groups is 1. The van der Waals surface area contributed by atoms with Gasteiger partial charge in [-0.1, -0.05) is 41.9 Å². The molecule has 1 fully saturated rings. The maximum Gasteiger partial charge on any atom is 0.0736 e. The molecular weight excluding hydrogens is 227 g/mol. The third-order valence-electron chi connectivity index (χ3n) is 2.03. The summed E-state index contributed by atoms with van der Waals surface area (Å²) < 4.78 is 0.908. The average Bonchev–Trinajstić information content (AvgIpc) is 1.90. The molecule has 1 rings (SSSR count). The van der Waals surface area contributed by atoms with Gasteiger partial charge in [0.2, 0.25) is 0 Å². The predicted octanol–water partition coefficient (Wildman–Crippen LogP) is 2.12. The van der Waals surface area contributed by atoms with Gasteiger partial charge >= 0.3 is 0 Å². The van der Waals surface area contributed by atoms with Crippen LogP contribution in [0, 0.1) is 0 Å². The van der Waals surface area contributed by atoms with Crippen molar-refractivity contribution < 1.29 is 5.11 Å². The Balaban J connectivity index is 2.37. The molecule has 1 saturated carbocycles. The van der Waals surface area contributed by atoms with Gasteiger partial charge < -0.3 is 5.11 Å². The lowest BCUT2D eigenvalue weighted by Gasteiger charge is -2.29. The Morgan fingerprint density at radius 2 is 1.78 bits per heavy atom. The molecule has 0 aromatic rings. The molecule has 0 atom stereocenters. The van der Waals surface area contributed by atoms with Crippen LogP contribution < -0.4 is 0 Å². The summed E-state index contributed by atoms with van der Waals surface area (Å²) in [5, 5.41) is 9.67. The molecule has 0 heterocycles. The van der Waals surface area contributed by atoms with Crippen molar-refractivity contribution in [1.29, 1.82) is 0 Å². The van der Waals surface area contributed by atoms with Crippen LogP contribution in [-0.2, 0) is 0 Å². The molecule has 0 spiro atoms. The van der Waals surface area contributed by atoms with E-state index < -0.39 is 0 Å². The standard InChI is InChI=1S/C7H13IO/c8-6-7(9)4-2-1-3-5-7/h9H,1-6H2. The van der Waals surface area contributed by atoms with Crippen molar-refractivity contribution in [1.82, 2.24) is 0 Å². The molecule has 0 aromatic heterocycles. The van der Waals surface area contributed by atoms with Crippen molar-refractivity contribution in [2.45, 2.75) is 37.7 Å². The van der Waals surface area contributed by atoms with E-state index in [9.17, 15) is 5.11 Å². The van der Waals surface area contributed by atoms with Crippen LogP contribution in [0.1, 0.15) is 32.1 Å². The second kappa shape index (κ2) is 3.19. The zero-order valence-electron chi connectivity index (χ0n) is 5.57. The minimum atomic E-state index is -0.293. The van der Waals surface area contributed by atoms with Crippen LogP contribution in [0.4, 0.5) is 0 Å². The highest BCUT2D eigenvalue weighted by Crippen LogP contribution is 2.29. The molecule has 9 heavy (non-hydrogen) atoms. The van der Waals surface area contributed by atoms with Crippen molar-refractivity contribution in [3.05, 3.63) is 0 Å². The van der Waals surface area contributed by atoms with E-state index in [1.54, 1.807) is 0 Å². The quantitative estimate of drug-likeness (QED) is 0.549. The Morgan fingerprint density at radius 3 is 2.11 bits per heavy atom. The Kier molecular flexibility index (Phi) is 2.76. The Hall–Kier alpha value is 0.690. The summed E-state index contributed by atoms with van der Waals surface area (Å²) in [6.07, 6.45) is 5.81. The van der Waals surface area contributed by atoms with Crippen LogP contribution in [0.5, 0.6) is 0 Å². The number of halogens is 1. The average molecular weight is 240 g/mol. The van der Waals surface area contributed by atoms with Gasteiger partial charge in [-0.15, -0.1) is 0 Å². The molecular formula is C7H13IO. The summed E-state index contributed by atoms with van der Waals surface area (Å²) in [5.41, 5.74) is -0.293. The van der Waals surface area contributed by atoms with E-state index in [4.69, 9.17) is 0 Å². The first kappa shape index (κ1) is 7.79. The molecule has 54 valence electrons. The van der Waals surface area contributed by atoms with Crippen molar-refractivity contribution in [3.8, 4) is 0 Å². The van der Waals surface area contributed by atoms with Crippen molar-refractivity contribution in [2.24, 2.45) is 0 Å². The highest BCUT2D eigenvalue weighted by Gasteiger charge is 2.27. The van der Waals surface area contributed by atoms with Gasteiger partial charge in [0.1, 0.15) is 0 Å². The van der Waals surface area contributed by atoms with Gasteiger partial charge in [0, 0.05) is 4.43 Å². The number of hydrogen-bond acceptors (Lipinski definition) is 1. The minimum absolute atomic E-state index is 0.293. The van der Waals surface area contributed by atoms with Crippen LogP contribution in [0.3, 0.4) is 0 Å². The van der Waals surface area contributed by atoms with Gasteiger partial charge in [-0.25, -0.2) is 0 Å². The molecule has 0 amide bonds. The lowest BCUT2D eigenvalue weighted by Crippen LogP contribution is -2.32. The van der Waals surface area contributed by atoms with Crippen LogP contribution in [-0.4, -0.2) is 15.1 Å². The maximum absolute atomic E-state index is 9.67. The fourth-order valence-corrected chi connectivity index (χ4v) is 2.11. The molecule has 0 unspecified atom stereocenters. The first-order chi connectivity index (χ1) is 4.27. The van der Waals surface area contributed by atoms with E-state index in [1.165, 1.54) is 19.3 Å². The fraction of sp³-hybridized carbons (Fsp3) is 1.00. The molecule has 0 aromatic carbocycles. The van der Waals surface area contributed by atoms with Crippen LogP contribution in [0.15, 0.2) is 0 Å². The van der Waals surface area contributed by atoms with Gasteiger partial charge in [-0.2, -0.15) is 0 Å². The molecule has 0 bridgehead atoms. The van der Waals surface area contributed by atoms with Crippen molar-refractivity contribution >= 4 is 22.6 Å². The van der Waals surface area contributed by atoms with Gasteiger partial charge in [0.15, 0.2) is 0 Å². The van der Waals surface area contributed by atoms with Crippen LogP contribution in [0.25, 0.3) is 0 Å². The van der Waals surface area contributed by atoms with Crippen molar-refractivity contribution in [3.63, 3.8) is 0 Å². The van der Waals surface area contributed by atoms with Crippen molar-refractivity contribution in [2.75, 3.05) is 4.43 Å². The zero-order valence-corrected chi connectivity index (χ0v) is 7.73. The number of alkyl halides is 1. The van der Waals surface area contributed by atoms with E-state index in [0.29, 0.717) is 0 Å². The smallest absolute Gasteiger partial charge is 0.0736 e. The van der Waals surface area contributed by atoms with Gasteiger partial charge in [0.05, 0.1) is 5.60 Å². The lowest BCUT2D eigenvalue weighted by atomic mass is 9.87. The Bertz CT molecular complexity index is 86.9. The second-order valence-electron chi connectivity index (χ2n) is 2.92. The van der Waals surface area contributed by atoms with E-state index in [-0.39, 0.29) is 5.60 Å². The highest BCUT2D eigenvalue weighted by atomic mass is 127. The normalized spacial score (nSPS) is 26.0. The Labute approximate surface area is 70.0 Å². The van der Waals surface area contributed by atoms with E-state index >= 15 is 0 Å². The first-order valence-corrected chi connectivity index (χ1v) is 5.08. The SMILES string of the molecule is OC1(CI)CCCCC1. The van der Waals surface area contributed by atoms with E-state index in [0.717, 1.165) is 17.3 Å².